The van der Waals surface area contributed by atoms with Gasteiger partial charge in [-0.05, 0) is 44.2 Å². The van der Waals surface area contributed by atoms with Gasteiger partial charge in [-0.3, -0.25) is 9.36 Å². The van der Waals surface area contributed by atoms with Crippen molar-refractivity contribution >= 4 is 45.8 Å². The molecule has 0 N–H and O–H groups in total. The Kier molecular flexibility index (Phi) is 5.90. The van der Waals surface area contributed by atoms with E-state index in [1.54, 1.807) is 4.57 Å². The van der Waals surface area contributed by atoms with Crippen LogP contribution in [0.1, 0.15) is 37.8 Å². The highest BCUT2D eigenvalue weighted by Gasteiger charge is 2.14. The lowest BCUT2D eigenvalue weighted by atomic mass is 9.97. The Hall–Kier alpha value is -1.70. The van der Waals surface area contributed by atoms with Crippen LogP contribution in [0.5, 0.6) is 0 Å². The zero-order valence-electron chi connectivity index (χ0n) is 14.7. The van der Waals surface area contributed by atoms with Crippen LogP contribution in [-0.2, 0) is 12.3 Å². The summed E-state index contributed by atoms with van der Waals surface area (Å²) in [5.41, 5.74) is 2.92. The molecule has 0 atom stereocenters. The van der Waals surface area contributed by atoms with Crippen LogP contribution >= 0.6 is 34.9 Å². The van der Waals surface area contributed by atoms with Gasteiger partial charge in [-0.15, -0.1) is 5.10 Å². The molecule has 0 unspecified atom stereocenters. The average molecular weight is 419 g/mol. The minimum absolute atomic E-state index is 0.0157. The van der Waals surface area contributed by atoms with Crippen molar-refractivity contribution in [2.75, 3.05) is 0 Å². The fraction of sp³-hybridized carbons (Fsp3) is 0.368. The first-order valence-corrected chi connectivity index (χ1v) is 11.1. The summed E-state index contributed by atoms with van der Waals surface area (Å²) in [5.74, 6) is 0.544. The molecule has 1 aliphatic carbocycles. The highest BCUT2D eigenvalue weighted by molar-refractivity contribution is 7.98. The summed E-state index contributed by atoms with van der Waals surface area (Å²) in [7, 11) is 0. The van der Waals surface area contributed by atoms with Crippen LogP contribution in [0.2, 0.25) is 4.34 Å². The molecule has 27 heavy (non-hydrogen) atoms. The van der Waals surface area contributed by atoms with E-state index >= 15 is 0 Å². The van der Waals surface area contributed by atoms with Crippen LogP contribution in [-0.4, -0.2) is 19.1 Å². The highest BCUT2D eigenvalue weighted by Crippen LogP contribution is 2.27. The molecule has 0 saturated heterocycles. The minimum Gasteiger partial charge on any atom is -0.287 e. The number of hydrogen-bond donors (Lipinski definition) is 0. The van der Waals surface area contributed by atoms with Crippen molar-refractivity contribution in [3.63, 3.8) is 0 Å². The van der Waals surface area contributed by atoms with Gasteiger partial charge in [0.25, 0.3) is 5.56 Å². The summed E-state index contributed by atoms with van der Waals surface area (Å²) >= 11 is 8.78. The third-order valence-corrected chi connectivity index (χ3v) is 6.69. The van der Waals surface area contributed by atoms with Crippen LogP contribution in [0.3, 0.4) is 0 Å². The number of aromatic nitrogens is 4. The standard InChI is InChI=1S/C19H19ClN4OS2/c20-17-16(22-23-27-17)12-26-19-21-15-9-5-4-8-14(15)18(25)24(19)11-10-13-6-2-1-3-7-13/h4-6,8-9H,1-3,7,10-12H2. The summed E-state index contributed by atoms with van der Waals surface area (Å²) in [6, 6.07) is 7.51. The fourth-order valence-corrected chi connectivity index (χ4v) is 5.02. The van der Waals surface area contributed by atoms with Crippen molar-refractivity contribution in [1.82, 2.24) is 19.1 Å². The van der Waals surface area contributed by atoms with Gasteiger partial charge in [0, 0.05) is 23.8 Å². The minimum atomic E-state index is 0.0157. The molecule has 3 aromatic rings. The lowest BCUT2D eigenvalue weighted by Gasteiger charge is -2.16. The van der Waals surface area contributed by atoms with E-state index in [1.165, 1.54) is 41.7 Å². The number of halogens is 1. The monoisotopic (exact) mass is 418 g/mol. The first-order chi connectivity index (χ1) is 13.2. The zero-order valence-corrected chi connectivity index (χ0v) is 17.1. The van der Waals surface area contributed by atoms with Crippen LogP contribution < -0.4 is 5.56 Å². The third kappa shape index (κ3) is 4.25. The molecular weight excluding hydrogens is 400 g/mol. The first-order valence-electron chi connectivity index (χ1n) is 8.99. The number of para-hydroxylation sites is 1. The van der Waals surface area contributed by atoms with E-state index in [0.717, 1.165) is 30.5 Å². The maximum absolute atomic E-state index is 13.1. The Morgan fingerprint density at radius 3 is 2.93 bits per heavy atom. The highest BCUT2D eigenvalue weighted by atomic mass is 35.5. The molecule has 0 fully saturated rings. The number of nitrogens with zero attached hydrogens (tertiary/aromatic N) is 4. The Balaban J connectivity index is 1.65. The summed E-state index contributed by atoms with van der Waals surface area (Å²) in [6.45, 7) is 0.647. The second-order valence-corrected chi connectivity index (χ2v) is 8.81. The van der Waals surface area contributed by atoms with E-state index in [2.05, 4.69) is 15.7 Å². The molecule has 1 aliphatic rings. The average Bonchev–Trinajstić information content (AvgIpc) is 3.11. The van der Waals surface area contributed by atoms with Crippen molar-refractivity contribution in [3.05, 3.63) is 56.3 Å². The molecule has 0 bridgehead atoms. The lowest BCUT2D eigenvalue weighted by molar-refractivity contribution is 0.569. The maximum atomic E-state index is 13.1. The molecule has 5 nitrogen and oxygen atoms in total. The first kappa shape index (κ1) is 18.7. The van der Waals surface area contributed by atoms with Crippen molar-refractivity contribution < 1.29 is 0 Å². The van der Waals surface area contributed by atoms with Crippen molar-refractivity contribution in [2.45, 2.75) is 49.6 Å². The molecule has 4 rings (SSSR count). The van der Waals surface area contributed by atoms with Gasteiger partial charge in [0.15, 0.2) is 5.16 Å². The Morgan fingerprint density at radius 1 is 1.26 bits per heavy atom. The molecule has 0 radical (unpaired) electrons. The predicted molar refractivity (Wildman–Crippen MR) is 112 cm³/mol. The summed E-state index contributed by atoms with van der Waals surface area (Å²) in [4.78, 5) is 17.8. The zero-order chi connectivity index (χ0) is 18.6. The topological polar surface area (TPSA) is 60.7 Å². The van der Waals surface area contributed by atoms with Gasteiger partial charge in [-0.25, -0.2) is 4.98 Å². The van der Waals surface area contributed by atoms with Gasteiger partial charge < -0.3 is 0 Å². The smallest absolute Gasteiger partial charge is 0.262 e. The van der Waals surface area contributed by atoms with E-state index in [4.69, 9.17) is 16.6 Å². The largest absolute Gasteiger partial charge is 0.287 e. The molecule has 0 amide bonds. The summed E-state index contributed by atoms with van der Waals surface area (Å²) < 4.78 is 6.26. The number of fused-ring (bicyclic) bond motifs is 1. The number of benzene rings is 1. The molecule has 0 spiro atoms. The third-order valence-electron chi connectivity index (χ3n) is 4.72. The van der Waals surface area contributed by atoms with E-state index in [1.807, 2.05) is 24.3 Å². The van der Waals surface area contributed by atoms with Crippen molar-refractivity contribution in [1.29, 1.82) is 0 Å². The van der Waals surface area contributed by atoms with Crippen LogP contribution in [0.4, 0.5) is 0 Å². The second-order valence-electron chi connectivity index (χ2n) is 6.51. The van der Waals surface area contributed by atoms with Crippen molar-refractivity contribution in [2.24, 2.45) is 0 Å². The fourth-order valence-electron chi connectivity index (χ4n) is 3.26. The SMILES string of the molecule is O=c1c2ccccc2nc(SCc2nnsc2Cl)n1CCC1=CCCCC1. The molecule has 2 heterocycles. The van der Waals surface area contributed by atoms with Gasteiger partial charge >= 0.3 is 0 Å². The van der Waals surface area contributed by atoms with Gasteiger partial charge in [-0.1, -0.05) is 51.6 Å². The maximum Gasteiger partial charge on any atom is 0.262 e. The molecule has 140 valence electrons. The number of thioether (sulfide) groups is 1. The molecular formula is C19H19ClN4OS2. The quantitative estimate of drug-likeness (QED) is 0.317. The van der Waals surface area contributed by atoms with Crippen LogP contribution in [0, 0.1) is 0 Å². The molecule has 0 saturated carbocycles. The van der Waals surface area contributed by atoms with Gasteiger partial charge in [0.05, 0.1) is 10.9 Å². The van der Waals surface area contributed by atoms with Crippen LogP contribution in [0.15, 0.2) is 45.9 Å². The Labute approximate surface area is 170 Å². The normalized spacial score (nSPS) is 14.5. The number of hydrogen-bond acceptors (Lipinski definition) is 6. The van der Waals surface area contributed by atoms with E-state index in [0.29, 0.717) is 27.2 Å². The van der Waals surface area contributed by atoms with Crippen molar-refractivity contribution in [3.8, 4) is 0 Å². The summed E-state index contributed by atoms with van der Waals surface area (Å²) in [5, 5.41) is 5.42. The molecule has 1 aromatic carbocycles. The molecule has 0 aliphatic heterocycles. The van der Waals surface area contributed by atoms with Crippen LogP contribution in [0.25, 0.3) is 10.9 Å². The molecule has 2 aromatic heterocycles. The van der Waals surface area contributed by atoms with E-state index < -0.39 is 0 Å². The summed E-state index contributed by atoms with van der Waals surface area (Å²) in [6.07, 6.45) is 8.02. The molecule has 8 heteroatoms. The number of allylic oxidation sites excluding steroid dienone is 2. The Morgan fingerprint density at radius 2 is 2.15 bits per heavy atom. The van der Waals surface area contributed by atoms with Gasteiger partial charge in [-0.2, -0.15) is 0 Å². The van der Waals surface area contributed by atoms with E-state index in [9.17, 15) is 4.79 Å². The second kappa shape index (κ2) is 8.54. The Bertz CT molecular complexity index is 1040. The predicted octanol–water partition coefficient (Wildman–Crippen LogP) is 5.08. The van der Waals surface area contributed by atoms with Gasteiger partial charge in [0.2, 0.25) is 0 Å². The van der Waals surface area contributed by atoms with Gasteiger partial charge in [0.1, 0.15) is 10.0 Å². The lowest BCUT2D eigenvalue weighted by Crippen LogP contribution is -2.24. The number of rotatable bonds is 6. The van der Waals surface area contributed by atoms with E-state index in [-0.39, 0.29) is 5.56 Å².